The second kappa shape index (κ2) is 6.81. The van der Waals surface area contributed by atoms with E-state index in [-0.39, 0.29) is 16.8 Å². The van der Waals surface area contributed by atoms with Crippen LogP contribution in [0.25, 0.3) is 5.69 Å². The van der Waals surface area contributed by atoms with Crippen molar-refractivity contribution in [2.75, 3.05) is 0 Å². The summed E-state index contributed by atoms with van der Waals surface area (Å²) in [7, 11) is 0. The number of nitrogens with one attached hydrogen (secondary N) is 1. The number of amides is 1. The molecule has 128 valence electrons. The van der Waals surface area contributed by atoms with E-state index >= 15 is 0 Å². The van der Waals surface area contributed by atoms with E-state index in [2.05, 4.69) is 20.4 Å². The molecular weight excluding hydrogens is 342 g/mol. The van der Waals surface area contributed by atoms with E-state index in [1.54, 1.807) is 30.1 Å². The summed E-state index contributed by atoms with van der Waals surface area (Å²) in [5.41, 5.74) is 2.14. The number of benzene rings is 1. The van der Waals surface area contributed by atoms with Gasteiger partial charge in [0.15, 0.2) is 0 Å². The number of aromatic carboxylic acids is 1. The Labute approximate surface area is 147 Å². The molecule has 1 atom stereocenters. The number of hydrogen-bond donors (Lipinski definition) is 2. The fourth-order valence-corrected chi connectivity index (χ4v) is 3.07. The third-order valence-electron chi connectivity index (χ3n) is 3.59. The van der Waals surface area contributed by atoms with Gasteiger partial charge in [-0.25, -0.2) is 19.4 Å². The standard InChI is InChI=1S/C16H15N5O3S/c1-9-5-11(21-8-17-7-19-21)3-4-12(9)14(22)20-10(2)15-18-6-13(25-15)16(23)24/h3-8,10H,1-2H3,(H,20,22)(H,23,24). The minimum atomic E-state index is -1.03. The molecule has 8 nitrogen and oxygen atoms in total. The third-order valence-corrected chi connectivity index (χ3v) is 4.76. The van der Waals surface area contributed by atoms with Gasteiger partial charge in [0.05, 0.1) is 17.9 Å². The van der Waals surface area contributed by atoms with E-state index in [0.29, 0.717) is 10.6 Å². The van der Waals surface area contributed by atoms with Crippen LogP contribution in [0.5, 0.6) is 0 Å². The molecule has 2 N–H and O–H groups in total. The molecule has 0 bridgehead atoms. The Bertz CT molecular complexity index is 920. The van der Waals surface area contributed by atoms with E-state index in [4.69, 9.17) is 5.11 Å². The maximum absolute atomic E-state index is 12.5. The second-order valence-electron chi connectivity index (χ2n) is 5.40. The molecule has 1 unspecified atom stereocenters. The zero-order valence-corrected chi connectivity index (χ0v) is 14.3. The number of carboxylic acid groups (broad SMARTS) is 1. The molecule has 0 aliphatic rings. The van der Waals surface area contributed by atoms with Crippen molar-refractivity contribution in [3.63, 3.8) is 0 Å². The van der Waals surface area contributed by atoms with Crippen molar-refractivity contribution in [1.82, 2.24) is 25.1 Å². The van der Waals surface area contributed by atoms with E-state index in [1.165, 1.54) is 12.5 Å². The summed E-state index contributed by atoms with van der Waals surface area (Å²) in [6.45, 7) is 3.60. The predicted octanol–water partition coefficient (Wildman–Crippen LogP) is 2.22. The highest BCUT2D eigenvalue weighted by molar-refractivity contribution is 7.13. The molecule has 0 saturated carbocycles. The lowest BCUT2D eigenvalue weighted by Gasteiger charge is -2.13. The first-order valence-corrected chi connectivity index (χ1v) is 8.23. The van der Waals surface area contributed by atoms with Crippen molar-refractivity contribution >= 4 is 23.2 Å². The summed E-state index contributed by atoms with van der Waals surface area (Å²) in [4.78, 5) is 31.5. The van der Waals surface area contributed by atoms with Gasteiger partial charge in [-0.2, -0.15) is 5.10 Å². The number of aromatic nitrogens is 4. The summed E-state index contributed by atoms with van der Waals surface area (Å²) >= 11 is 1.05. The third kappa shape index (κ3) is 3.56. The van der Waals surface area contributed by atoms with Gasteiger partial charge in [0.2, 0.25) is 0 Å². The van der Waals surface area contributed by atoms with Crippen LogP contribution in [0.15, 0.2) is 37.1 Å². The summed E-state index contributed by atoms with van der Waals surface area (Å²) in [5, 5.41) is 16.4. The van der Waals surface area contributed by atoms with Gasteiger partial charge in [0, 0.05) is 5.56 Å². The Morgan fingerprint density at radius 2 is 2.16 bits per heavy atom. The lowest BCUT2D eigenvalue weighted by atomic mass is 10.1. The number of carbonyl (C=O) groups excluding carboxylic acids is 1. The minimum absolute atomic E-state index is 0.143. The average Bonchev–Trinajstić information content (AvgIpc) is 3.26. The molecule has 3 aromatic rings. The van der Waals surface area contributed by atoms with Gasteiger partial charge in [-0.1, -0.05) is 0 Å². The number of thiazole rings is 1. The molecule has 0 radical (unpaired) electrons. The normalized spacial score (nSPS) is 11.9. The van der Waals surface area contributed by atoms with Gasteiger partial charge in [-0.15, -0.1) is 11.3 Å². The first kappa shape index (κ1) is 16.8. The van der Waals surface area contributed by atoms with Gasteiger partial charge < -0.3 is 10.4 Å². The van der Waals surface area contributed by atoms with E-state index in [9.17, 15) is 9.59 Å². The molecule has 0 aliphatic heterocycles. The molecule has 0 spiro atoms. The predicted molar refractivity (Wildman–Crippen MR) is 91.1 cm³/mol. The van der Waals surface area contributed by atoms with Gasteiger partial charge in [-0.05, 0) is 37.6 Å². The van der Waals surface area contributed by atoms with Crippen molar-refractivity contribution in [2.45, 2.75) is 19.9 Å². The molecular formula is C16H15N5O3S. The van der Waals surface area contributed by atoms with Crippen LogP contribution in [0.1, 0.15) is 43.6 Å². The van der Waals surface area contributed by atoms with Crippen LogP contribution in [0.3, 0.4) is 0 Å². The van der Waals surface area contributed by atoms with Crippen LogP contribution in [0.2, 0.25) is 0 Å². The van der Waals surface area contributed by atoms with Crippen LogP contribution in [0.4, 0.5) is 0 Å². The van der Waals surface area contributed by atoms with Crippen molar-refractivity contribution in [3.05, 3.63) is 58.1 Å². The maximum atomic E-state index is 12.5. The maximum Gasteiger partial charge on any atom is 0.347 e. The largest absolute Gasteiger partial charge is 0.477 e. The van der Waals surface area contributed by atoms with Crippen molar-refractivity contribution < 1.29 is 14.7 Å². The molecule has 3 rings (SSSR count). The summed E-state index contributed by atoms with van der Waals surface area (Å²) < 4.78 is 1.61. The molecule has 1 amide bonds. The minimum Gasteiger partial charge on any atom is -0.477 e. The highest BCUT2D eigenvalue weighted by atomic mass is 32.1. The first-order valence-electron chi connectivity index (χ1n) is 7.41. The second-order valence-corrected chi connectivity index (χ2v) is 6.46. The Balaban J connectivity index is 1.75. The van der Waals surface area contributed by atoms with Crippen LogP contribution in [-0.2, 0) is 0 Å². The monoisotopic (exact) mass is 357 g/mol. The molecule has 1 aromatic carbocycles. The lowest BCUT2D eigenvalue weighted by molar-refractivity contribution is 0.0701. The molecule has 0 aliphatic carbocycles. The Kier molecular flexibility index (Phi) is 4.57. The molecule has 2 aromatic heterocycles. The zero-order chi connectivity index (χ0) is 18.0. The van der Waals surface area contributed by atoms with Gasteiger partial charge >= 0.3 is 5.97 Å². The highest BCUT2D eigenvalue weighted by Crippen LogP contribution is 2.21. The molecule has 9 heteroatoms. The number of rotatable bonds is 5. The Morgan fingerprint density at radius 3 is 2.76 bits per heavy atom. The molecule has 25 heavy (non-hydrogen) atoms. The quantitative estimate of drug-likeness (QED) is 0.724. The zero-order valence-electron chi connectivity index (χ0n) is 13.5. The van der Waals surface area contributed by atoms with Crippen molar-refractivity contribution in [3.8, 4) is 5.69 Å². The number of nitrogens with zero attached hydrogens (tertiary/aromatic N) is 4. The summed E-state index contributed by atoms with van der Waals surface area (Å²) in [6, 6.07) is 4.96. The molecule has 2 heterocycles. The number of hydrogen-bond acceptors (Lipinski definition) is 6. The first-order chi connectivity index (χ1) is 12.0. The lowest BCUT2D eigenvalue weighted by Crippen LogP contribution is -2.27. The number of aryl methyl sites for hydroxylation is 1. The van der Waals surface area contributed by atoms with Gasteiger partial charge in [0.25, 0.3) is 5.91 Å². The van der Waals surface area contributed by atoms with Crippen molar-refractivity contribution in [2.24, 2.45) is 0 Å². The van der Waals surface area contributed by atoms with Gasteiger partial charge in [-0.3, -0.25) is 4.79 Å². The fraction of sp³-hybridized carbons (Fsp3) is 0.188. The van der Waals surface area contributed by atoms with Crippen LogP contribution in [-0.4, -0.2) is 36.7 Å². The summed E-state index contributed by atoms with van der Waals surface area (Å²) in [6.07, 6.45) is 4.32. The van der Waals surface area contributed by atoms with Crippen LogP contribution in [0, 0.1) is 6.92 Å². The van der Waals surface area contributed by atoms with E-state index in [0.717, 1.165) is 22.6 Å². The smallest absolute Gasteiger partial charge is 0.347 e. The topological polar surface area (TPSA) is 110 Å². The summed E-state index contributed by atoms with van der Waals surface area (Å²) in [5.74, 6) is -1.27. The highest BCUT2D eigenvalue weighted by Gasteiger charge is 2.18. The Hall–Kier alpha value is -3.07. The van der Waals surface area contributed by atoms with Crippen LogP contribution >= 0.6 is 11.3 Å². The molecule has 0 fully saturated rings. The average molecular weight is 357 g/mol. The Morgan fingerprint density at radius 1 is 1.36 bits per heavy atom. The fourth-order valence-electron chi connectivity index (χ4n) is 2.31. The number of carboxylic acids is 1. The SMILES string of the molecule is Cc1cc(-n2cncn2)ccc1C(=O)NC(C)c1ncc(C(=O)O)s1. The van der Waals surface area contributed by atoms with Crippen molar-refractivity contribution in [1.29, 1.82) is 0 Å². The molecule has 0 saturated heterocycles. The number of carbonyl (C=O) groups is 2. The van der Waals surface area contributed by atoms with Gasteiger partial charge in [0.1, 0.15) is 22.5 Å². The van der Waals surface area contributed by atoms with E-state index in [1.807, 2.05) is 13.0 Å². The van der Waals surface area contributed by atoms with E-state index < -0.39 is 5.97 Å². The van der Waals surface area contributed by atoms with Crippen LogP contribution < -0.4 is 5.32 Å².